The molecule has 0 aromatic heterocycles. The molecule has 0 spiro atoms. The van der Waals surface area contributed by atoms with E-state index in [0.29, 0.717) is 13.2 Å². The van der Waals surface area contributed by atoms with Gasteiger partial charge in [0.15, 0.2) is 0 Å². The first-order valence-electron chi connectivity index (χ1n) is 7.13. The van der Waals surface area contributed by atoms with Gasteiger partial charge in [-0.1, -0.05) is 33.2 Å². The van der Waals surface area contributed by atoms with E-state index in [1.54, 1.807) is 7.11 Å². The predicted octanol–water partition coefficient (Wildman–Crippen LogP) is 3.93. The third-order valence-electron chi connectivity index (χ3n) is 3.26. The minimum absolute atomic E-state index is 0.0986. The van der Waals surface area contributed by atoms with Crippen LogP contribution in [0.2, 0.25) is 0 Å². The first kappa shape index (κ1) is 18.4. The van der Waals surface area contributed by atoms with Crippen LogP contribution in [0.1, 0.15) is 34.1 Å². The summed E-state index contributed by atoms with van der Waals surface area (Å²) in [5.41, 5.74) is 1.45. The Bertz CT molecular complexity index is 305. The molecule has 1 saturated heterocycles. The van der Waals surface area contributed by atoms with Crippen LogP contribution < -0.4 is 0 Å². The smallest absolute Gasteiger partial charge is 0.109 e. The van der Waals surface area contributed by atoms with Crippen LogP contribution in [0.25, 0.3) is 0 Å². The Labute approximate surface area is 131 Å². The van der Waals surface area contributed by atoms with Gasteiger partial charge in [-0.2, -0.15) is 0 Å². The number of rotatable bonds is 9. The molecular formula is C15H28O3S2. The van der Waals surface area contributed by atoms with E-state index in [1.165, 1.54) is 5.57 Å². The standard InChI is InChI=1S/C15H28O3S2/c1-6-12(2)9-15(3,4)20-19-8-7-18-14-11-17-10-13(14)16-5/h6,13-14H,7-11H2,1-5H3/b12-6+/t13?,14-/m0/s1. The van der Waals surface area contributed by atoms with Crippen molar-refractivity contribution in [1.29, 1.82) is 0 Å². The average Bonchev–Trinajstić information content (AvgIpc) is 2.85. The van der Waals surface area contributed by atoms with Crippen LogP contribution in [-0.2, 0) is 14.2 Å². The van der Waals surface area contributed by atoms with Crippen molar-refractivity contribution in [3.05, 3.63) is 11.6 Å². The van der Waals surface area contributed by atoms with Crippen LogP contribution >= 0.6 is 21.6 Å². The lowest BCUT2D eigenvalue weighted by Gasteiger charge is -2.24. The van der Waals surface area contributed by atoms with Crippen molar-refractivity contribution in [2.24, 2.45) is 0 Å². The third-order valence-corrected chi connectivity index (χ3v) is 6.52. The molecule has 0 radical (unpaired) electrons. The number of ether oxygens (including phenoxy) is 3. The molecule has 118 valence electrons. The summed E-state index contributed by atoms with van der Waals surface area (Å²) < 4.78 is 16.8. The summed E-state index contributed by atoms with van der Waals surface area (Å²) in [6.07, 6.45) is 3.52. The Morgan fingerprint density at radius 3 is 2.70 bits per heavy atom. The Morgan fingerprint density at radius 1 is 1.35 bits per heavy atom. The summed E-state index contributed by atoms with van der Waals surface area (Å²) in [4.78, 5) is 0. The van der Waals surface area contributed by atoms with Gasteiger partial charge in [0.2, 0.25) is 0 Å². The first-order valence-corrected chi connectivity index (χ1v) is 9.45. The summed E-state index contributed by atoms with van der Waals surface area (Å²) >= 11 is 0. The Morgan fingerprint density at radius 2 is 2.05 bits per heavy atom. The lowest BCUT2D eigenvalue weighted by atomic mass is 10.0. The van der Waals surface area contributed by atoms with Gasteiger partial charge in [0.25, 0.3) is 0 Å². The zero-order valence-corrected chi connectivity index (χ0v) is 14.9. The molecular weight excluding hydrogens is 292 g/mol. The Balaban J connectivity index is 2.12. The van der Waals surface area contributed by atoms with Crippen LogP contribution in [0, 0.1) is 0 Å². The minimum atomic E-state index is 0.0986. The van der Waals surface area contributed by atoms with Crippen molar-refractivity contribution in [3.63, 3.8) is 0 Å². The fraction of sp³-hybridized carbons (Fsp3) is 0.867. The van der Waals surface area contributed by atoms with Gasteiger partial charge in [-0.15, -0.1) is 0 Å². The van der Waals surface area contributed by atoms with Crippen molar-refractivity contribution in [2.75, 3.05) is 32.7 Å². The zero-order chi connectivity index (χ0) is 15.0. The second kappa shape index (κ2) is 9.36. The molecule has 1 heterocycles. The molecule has 1 aliphatic heterocycles. The topological polar surface area (TPSA) is 27.7 Å². The largest absolute Gasteiger partial charge is 0.376 e. The molecule has 1 aliphatic rings. The van der Waals surface area contributed by atoms with Crippen LogP contribution in [0.15, 0.2) is 11.6 Å². The van der Waals surface area contributed by atoms with Gasteiger partial charge in [0, 0.05) is 17.6 Å². The maximum absolute atomic E-state index is 5.83. The third kappa shape index (κ3) is 6.85. The van der Waals surface area contributed by atoms with Gasteiger partial charge >= 0.3 is 0 Å². The summed E-state index contributed by atoms with van der Waals surface area (Å²) in [6, 6.07) is 0. The number of allylic oxidation sites excluding steroid dienone is 2. The van der Waals surface area contributed by atoms with Gasteiger partial charge in [-0.3, -0.25) is 0 Å². The molecule has 1 unspecified atom stereocenters. The molecule has 0 aromatic rings. The SMILES string of the molecule is C/C=C(\C)CC(C)(C)SSCCO[C@H]1COCC1OC. The van der Waals surface area contributed by atoms with E-state index in [0.717, 1.165) is 18.8 Å². The monoisotopic (exact) mass is 320 g/mol. The molecule has 20 heavy (non-hydrogen) atoms. The maximum Gasteiger partial charge on any atom is 0.109 e. The number of hydrogen-bond acceptors (Lipinski definition) is 5. The highest BCUT2D eigenvalue weighted by molar-refractivity contribution is 8.77. The molecule has 1 rings (SSSR count). The van der Waals surface area contributed by atoms with E-state index in [2.05, 4.69) is 33.8 Å². The Kier molecular flexibility index (Phi) is 8.60. The van der Waals surface area contributed by atoms with Crippen molar-refractivity contribution < 1.29 is 14.2 Å². The van der Waals surface area contributed by atoms with Crippen molar-refractivity contribution >= 4 is 21.6 Å². The Hall–Kier alpha value is 0.320. The lowest BCUT2D eigenvalue weighted by molar-refractivity contribution is -0.0224. The second-order valence-corrected chi connectivity index (χ2v) is 8.82. The van der Waals surface area contributed by atoms with E-state index in [4.69, 9.17) is 14.2 Å². The van der Waals surface area contributed by atoms with Crippen LogP contribution in [0.3, 0.4) is 0 Å². The van der Waals surface area contributed by atoms with Crippen LogP contribution in [0.5, 0.6) is 0 Å². The molecule has 0 aromatic carbocycles. The van der Waals surface area contributed by atoms with E-state index < -0.39 is 0 Å². The molecule has 0 amide bonds. The summed E-state index contributed by atoms with van der Waals surface area (Å²) in [5.74, 6) is 0.996. The summed E-state index contributed by atoms with van der Waals surface area (Å²) in [6.45, 7) is 11.0. The molecule has 2 atom stereocenters. The highest BCUT2D eigenvalue weighted by atomic mass is 33.1. The molecule has 1 fully saturated rings. The molecule has 0 N–H and O–H groups in total. The molecule has 0 bridgehead atoms. The van der Waals surface area contributed by atoms with Crippen LogP contribution in [0.4, 0.5) is 0 Å². The van der Waals surface area contributed by atoms with Crippen molar-refractivity contribution in [3.8, 4) is 0 Å². The highest BCUT2D eigenvalue weighted by Crippen LogP contribution is 2.39. The normalized spacial score (nSPS) is 24.4. The maximum atomic E-state index is 5.83. The number of hydrogen-bond donors (Lipinski definition) is 0. The first-order chi connectivity index (χ1) is 9.48. The molecule has 3 nitrogen and oxygen atoms in total. The molecule has 0 saturated carbocycles. The van der Waals surface area contributed by atoms with Gasteiger partial charge < -0.3 is 14.2 Å². The fourth-order valence-electron chi connectivity index (χ4n) is 2.13. The second-order valence-electron chi connectivity index (χ2n) is 5.70. The fourth-order valence-corrected chi connectivity index (χ4v) is 4.57. The van der Waals surface area contributed by atoms with Gasteiger partial charge in [0.1, 0.15) is 12.2 Å². The van der Waals surface area contributed by atoms with E-state index in [9.17, 15) is 0 Å². The van der Waals surface area contributed by atoms with Crippen LogP contribution in [-0.4, -0.2) is 49.6 Å². The predicted molar refractivity (Wildman–Crippen MR) is 89.5 cm³/mol. The zero-order valence-electron chi connectivity index (χ0n) is 13.3. The molecule has 5 heteroatoms. The quantitative estimate of drug-likeness (QED) is 0.364. The van der Waals surface area contributed by atoms with Gasteiger partial charge in [-0.05, 0) is 34.1 Å². The summed E-state index contributed by atoms with van der Waals surface area (Å²) in [5, 5.41) is 0. The number of methoxy groups -OCH3 is 1. The average molecular weight is 321 g/mol. The van der Waals surface area contributed by atoms with Crippen molar-refractivity contribution in [1.82, 2.24) is 0 Å². The highest BCUT2D eigenvalue weighted by Gasteiger charge is 2.28. The van der Waals surface area contributed by atoms with Gasteiger partial charge in [0.05, 0.1) is 19.8 Å². The minimum Gasteiger partial charge on any atom is -0.376 e. The lowest BCUT2D eigenvalue weighted by Crippen LogP contribution is -2.29. The molecule has 0 aliphatic carbocycles. The van der Waals surface area contributed by atoms with E-state index in [-0.39, 0.29) is 17.0 Å². The van der Waals surface area contributed by atoms with E-state index >= 15 is 0 Å². The summed E-state index contributed by atoms with van der Waals surface area (Å²) in [7, 11) is 5.55. The van der Waals surface area contributed by atoms with Crippen molar-refractivity contribution in [2.45, 2.75) is 51.1 Å². The van der Waals surface area contributed by atoms with E-state index in [1.807, 2.05) is 21.6 Å². The van der Waals surface area contributed by atoms with Gasteiger partial charge in [-0.25, -0.2) is 0 Å².